The predicted molar refractivity (Wildman–Crippen MR) is 90.3 cm³/mol. The van der Waals surface area contributed by atoms with Gasteiger partial charge in [0.05, 0.1) is 6.04 Å². The molecule has 3 rings (SSSR count). The minimum atomic E-state index is -0.332. The second-order valence-electron chi connectivity index (χ2n) is 6.91. The highest BCUT2D eigenvalue weighted by Crippen LogP contribution is 2.24. The number of amides is 1. The highest BCUT2D eigenvalue weighted by Gasteiger charge is 2.33. The van der Waals surface area contributed by atoms with Gasteiger partial charge in [0.1, 0.15) is 5.82 Å². The van der Waals surface area contributed by atoms with Crippen molar-refractivity contribution in [2.24, 2.45) is 5.92 Å². The SMILES string of the molecule is C[C@H](C(=O)N1CCCC1)N1CCC[C@@H](C(=O)c2ccc(F)cc2)C1. The van der Waals surface area contributed by atoms with Crippen LogP contribution in [0.25, 0.3) is 0 Å². The average molecular weight is 332 g/mol. The van der Waals surface area contributed by atoms with Gasteiger partial charge in [-0.2, -0.15) is 0 Å². The molecule has 130 valence electrons. The van der Waals surface area contributed by atoms with Crippen LogP contribution in [0.1, 0.15) is 43.0 Å². The number of hydrogen-bond acceptors (Lipinski definition) is 3. The topological polar surface area (TPSA) is 40.6 Å². The van der Waals surface area contributed by atoms with Crippen molar-refractivity contribution in [1.29, 1.82) is 0 Å². The summed E-state index contributed by atoms with van der Waals surface area (Å²) in [5.41, 5.74) is 0.557. The van der Waals surface area contributed by atoms with Crippen LogP contribution < -0.4 is 0 Å². The standard InChI is InChI=1S/C19H25FN2O2/c1-14(19(24)21-10-2-3-11-21)22-12-4-5-16(13-22)18(23)15-6-8-17(20)9-7-15/h6-9,14,16H,2-5,10-13H2,1H3/t14-,16-/m1/s1. The van der Waals surface area contributed by atoms with Crippen molar-refractivity contribution in [2.45, 2.75) is 38.6 Å². The summed E-state index contributed by atoms with van der Waals surface area (Å²) >= 11 is 0. The first-order valence-electron chi connectivity index (χ1n) is 8.89. The van der Waals surface area contributed by atoms with Crippen LogP contribution in [-0.2, 0) is 4.79 Å². The Morgan fingerprint density at radius 1 is 1.08 bits per heavy atom. The van der Waals surface area contributed by atoms with E-state index < -0.39 is 0 Å². The lowest BCUT2D eigenvalue weighted by Gasteiger charge is -2.36. The van der Waals surface area contributed by atoms with E-state index in [-0.39, 0.29) is 29.5 Å². The van der Waals surface area contributed by atoms with E-state index in [4.69, 9.17) is 0 Å². The molecular formula is C19H25FN2O2. The summed E-state index contributed by atoms with van der Waals surface area (Å²) < 4.78 is 13.0. The van der Waals surface area contributed by atoms with Gasteiger partial charge in [0, 0.05) is 31.1 Å². The summed E-state index contributed by atoms with van der Waals surface area (Å²) in [5.74, 6) is -0.206. The van der Waals surface area contributed by atoms with Gasteiger partial charge in [-0.3, -0.25) is 14.5 Å². The number of Topliss-reactive ketones (excluding diaryl/α,β-unsaturated/α-hetero) is 1. The Morgan fingerprint density at radius 2 is 1.75 bits per heavy atom. The first-order valence-corrected chi connectivity index (χ1v) is 8.89. The number of piperidine rings is 1. The van der Waals surface area contributed by atoms with E-state index >= 15 is 0 Å². The smallest absolute Gasteiger partial charge is 0.239 e. The third kappa shape index (κ3) is 3.66. The Labute approximate surface area is 142 Å². The third-order valence-corrected chi connectivity index (χ3v) is 5.28. The Kier molecular flexibility index (Phi) is 5.29. The number of halogens is 1. The molecule has 2 aliphatic heterocycles. The molecule has 1 amide bonds. The fraction of sp³-hybridized carbons (Fsp3) is 0.579. The van der Waals surface area contributed by atoms with E-state index in [1.165, 1.54) is 12.1 Å². The van der Waals surface area contributed by atoms with Gasteiger partial charge in [-0.25, -0.2) is 4.39 Å². The van der Waals surface area contributed by atoms with Crippen molar-refractivity contribution in [1.82, 2.24) is 9.80 Å². The van der Waals surface area contributed by atoms with Crippen LogP contribution in [0.4, 0.5) is 4.39 Å². The number of benzene rings is 1. The lowest BCUT2D eigenvalue weighted by atomic mass is 9.89. The minimum Gasteiger partial charge on any atom is -0.341 e. The van der Waals surface area contributed by atoms with Crippen LogP contribution in [0, 0.1) is 11.7 Å². The molecule has 4 nitrogen and oxygen atoms in total. The monoisotopic (exact) mass is 332 g/mol. The minimum absolute atomic E-state index is 0.0560. The predicted octanol–water partition coefficient (Wildman–Crippen LogP) is 2.73. The molecule has 0 radical (unpaired) electrons. The van der Waals surface area contributed by atoms with Crippen molar-refractivity contribution < 1.29 is 14.0 Å². The molecule has 2 saturated heterocycles. The largest absolute Gasteiger partial charge is 0.341 e. The number of hydrogen-bond donors (Lipinski definition) is 0. The lowest BCUT2D eigenvalue weighted by molar-refractivity contribution is -0.135. The van der Waals surface area contributed by atoms with Crippen LogP contribution in [0.3, 0.4) is 0 Å². The molecule has 0 saturated carbocycles. The average Bonchev–Trinajstić information content (AvgIpc) is 3.15. The molecule has 2 aliphatic rings. The van der Waals surface area contributed by atoms with Crippen LogP contribution in [0.5, 0.6) is 0 Å². The van der Waals surface area contributed by atoms with Gasteiger partial charge in [-0.15, -0.1) is 0 Å². The maximum atomic E-state index is 13.0. The van der Waals surface area contributed by atoms with Gasteiger partial charge < -0.3 is 4.90 Å². The second-order valence-corrected chi connectivity index (χ2v) is 6.91. The third-order valence-electron chi connectivity index (χ3n) is 5.28. The Morgan fingerprint density at radius 3 is 2.42 bits per heavy atom. The van der Waals surface area contributed by atoms with Gasteiger partial charge in [0.25, 0.3) is 0 Å². The van der Waals surface area contributed by atoms with Crippen molar-refractivity contribution >= 4 is 11.7 Å². The lowest BCUT2D eigenvalue weighted by Crippen LogP contribution is -2.50. The van der Waals surface area contributed by atoms with E-state index in [0.717, 1.165) is 45.3 Å². The quantitative estimate of drug-likeness (QED) is 0.796. The first kappa shape index (κ1) is 17.1. The second kappa shape index (κ2) is 7.43. The molecule has 0 aliphatic carbocycles. The molecule has 0 N–H and O–H groups in total. The summed E-state index contributed by atoms with van der Waals surface area (Å²) in [6.45, 7) is 5.13. The molecule has 2 heterocycles. The van der Waals surface area contributed by atoms with Gasteiger partial charge >= 0.3 is 0 Å². The van der Waals surface area contributed by atoms with Crippen LogP contribution >= 0.6 is 0 Å². The Balaban J connectivity index is 1.64. The fourth-order valence-electron chi connectivity index (χ4n) is 3.78. The Bertz CT molecular complexity index is 596. The van der Waals surface area contributed by atoms with Gasteiger partial charge in [0.15, 0.2) is 5.78 Å². The van der Waals surface area contributed by atoms with Crippen molar-refractivity contribution in [3.05, 3.63) is 35.6 Å². The maximum Gasteiger partial charge on any atom is 0.239 e. The van der Waals surface area contributed by atoms with E-state index in [1.54, 1.807) is 12.1 Å². The molecule has 0 aromatic heterocycles. The summed E-state index contributed by atoms with van der Waals surface area (Å²) in [4.78, 5) is 29.3. The first-order chi connectivity index (χ1) is 11.6. The number of carbonyl (C=O) groups excluding carboxylic acids is 2. The van der Waals surface area contributed by atoms with Crippen LogP contribution in [-0.4, -0.2) is 53.7 Å². The normalized spacial score (nSPS) is 23.2. The van der Waals surface area contributed by atoms with Gasteiger partial charge in [-0.05, 0) is 63.4 Å². The summed E-state index contributed by atoms with van der Waals surface area (Å²) in [7, 11) is 0. The molecule has 0 unspecified atom stereocenters. The van der Waals surface area contributed by atoms with Crippen LogP contribution in [0.2, 0.25) is 0 Å². The van der Waals surface area contributed by atoms with E-state index in [2.05, 4.69) is 4.90 Å². The molecule has 1 aromatic rings. The van der Waals surface area contributed by atoms with Crippen molar-refractivity contribution in [3.8, 4) is 0 Å². The Hall–Kier alpha value is -1.75. The maximum absolute atomic E-state index is 13.0. The van der Waals surface area contributed by atoms with E-state index in [0.29, 0.717) is 12.1 Å². The zero-order valence-electron chi connectivity index (χ0n) is 14.2. The fourth-order valence-corrected chi connectivity index (χ4v) is 3.78. The molecule has 0 bridgehead atoms. The molecule has 5 heteroatoms. The summed E-state index contributed by atoms with van der Waals surface area (Å²) in [6, 6.07) is 5.58. The molecule has 0 spiro atoms. The summed E-state index contributed by atoms with van der Waals surface area (Å²) in [5, 5.41) is 0. The number of nitrogens with zero attached hydrogens (tertiary/aromatic N) is 2. The molecule has 2 fully saturated rings. The highest BCUT2D eigenvalue weighted by atomic mass is 19.1. The van der Waals surface area contributed by atoms with Crippen LogP contribution in [0.15, 0.2) is 24.3 Å². The number of carbonyl (C=O) groups is 2. The number of ketones is 1. The molecule has 24 heavy (non-hydrogen) atoms. The van der Waals surface area contributed by atoms with Gasteiger partial charge in [-0.1, -0.05) is 0 Å². The molecular weight excluding hydrogens is 307 g/mol. The highest BCUT2D eigenvalue weighted by molar-refractivity contribution is 5.98. The number of rotatable bonds is 4. The van der Waals surface area contributed by atoms with E-state index in [1.807, 2.05) is 11.8 Å². The zero-order chi connectivity index (χ0) is 17.1. The van der Waals surface area contributed by atoms with Gasteiger partial charge in [0.2, 0.25) is 5.91 Å². The van der Waals surface area contributed by atoms with Crippen molar-refractivity contribution in [3.63, 3.8) is 0 Å². The molecule has 2 atom stereocenters. The molecule has 1 aromatic carbocycles. The number of likely N-dealkylation sites (tertiary alicyclic amines) is 2. The van der Waals surface area contributed by atoms with E-state index in [9.17, 15) is 14.0 Å². The van der Waals surface area contributed by atoms with Crippen molar-refractivity contribution in [2.75, 3.05) is 26.2 Å². The summed E-state index contributed by atoms with van der Waals surface area (Å²) in [6.07, 6.45) is 3.92. The zero-order valence-corrected chi connectivity index (χ0v) is 14.2.